The molecule has 2 saturated carbocycles. The fourth-order valence-electron chi connectivity index (χ4n) is 4.84. The molecule has 0 bridgehead atoms. The second-order valence-electron chi connectivity index (χ2n) is 7.44. The standard InChI is InChI=1S/C19H34N2/c1-2-9-18(16-10-5-3-6-11-16)14-19(21-15-20)17-12-7-4-8-13-17/h16-19,21H,2-14H2,1H3. The summed E-state index contributed by atoms with van der Waals surface area (Å²) in [5.74, 6) is 2.54. The Kier molecular flexibility index (Phi) is 7.41. The van der Waals surface area contributed by atoms with Gasteiger partial charge in [-0.05, 0) is 37.0 Å². The molecule has 21 heavy (non-hydrogen) atoms. The quantitative estimate of drug-likeness (QED) is 0.504. The van der Waals surface area contributed by atoms with Crippen molar-refractivity contribution in [3.63, 3.8) is 0 Å². The third-order valence-corrected chi connectivity index (χ3v) is 6.00. The molecule has 120 valence electrons. The Morgan fingerprint density at radius 2 is 1.52 bits per heavy atom. The van der Waals surface area contributed by atoms with Crippen LogP contribution >= 0.6 is 0 Å². The third kappa shape index (κ3) is 5.20. The maximum Gasteiger partial charge on any atom is 0.176 e. The van der Waals surface area contributed by atoms with Crippen LogP contribution in [-0.2, 0) is 0 Å². The first-order valence-electron chi connectivity index (χ1n) is 9.49. The van der Waals surface area contributed by atoms with Gasteiger partial charge in [0.1, 0.15) is 0 Å². The summed E-state index contributed by atoms with van der Waals surface area (Å²) >= 11 is 0. The normalized spacial score (nSPS) is 24.2. The maximum absolute atomic E-state index is 9.16. The number of hydrogen-bond donors (Lipinski definition) is 1. The van der Waals surface area contributed by atoms with Crippen molar-refractivity contribution >= 4 is 0 Å². The molecule has 0 spiro atoms. The van der Waals surface area contributed by atoms with Gasteiger partial charge in [0.15, 0.2) is 6.19 Å². The van der Waals surface area contributed by atoms with E-state index in [0.29, 0.717) is 6.04 Å². The first-order chi connectivity index (χ1) is 10.3. The van der Waals surface area contributed by atoms with Gasteiger partial charge in [-0.2, -0.15) is 5.26 Å². The van der Waals surface area contributed by atoms with Crippen LogP contribution in [0.4, 0.5) is 0 Å². The Bertz CT molecular complexity index is 308. The summed E-state index contributed by atoms with van der Waals surface area (Å²) < 4.78 is 0. The van der Waals surface area contributed by atoms with E-state index in [0.717, 1.165) is 17.8 Å². The number of rotatable bonds is 7. The second-order valence-corrected chi connectivity index (χ2v) is 7.44. The lowest BCUT2D eigenvalue weighted by Crippen LogP contribution is -2.37. The fourth-order valence-corrected chi connectivity index (χ4v) is 4.84. The van der Waals surface area contributed by atoms with Crippen LogP contribution in [0.1, 0.15) is 90.4 Å². The largest absolute Gasteiger partial charge is 0.320 e. The first kappa shape index (κ1) is 16.7. The molecule has 2 nitrogen and oxygen atoms in total. The molecule has 0 aliphatic heterocycles. The molecule has 2 unspecified atom stereocenters. The Labute approximate surface area is 131 Å². The van der Waals surface area contributed by atoms with Crippen molar-refractivity contribution in [1.29, 1.82) is 5.26 Å². The van der Waals surface area contributed by atoms with E-state index in [1.807, 2.05) is 0 Å². The fraction of sp³-hybridized carbons (Fsp3) is 0.947. The van der Waals surface area contributed by atoms with Gasteiger partial charge >= 0.3 is 0 Å². The van der Waals surface area contributed by atoms with Crippen LogP contribution in [0.2, 0.25) is 0 Å². The summed E-state index contributed by atoms with van der Waals surface area (Å²) in [7, 11) is 0. The molecule has 2 rings (SSSR count). The zero-order valence-corrected chi connectivity index (χ0v) is 13.9. The lowest BCUT2D eigenvalue weighted by Gasteiger charge is -2.36. The molecule has 0 radical (unpaired) electrons. The molecule has 1 N–H and O–H groups in total. The van der Waals surface area contributed by atoms with Gasteiger partial charge in [-0.25, -0.2) is 0 Å². The molecule has 0 saturated heterocycles. The highest BCUT2D eigenvalue weighted by Gasteiger charge is 2.30. The van der Waals surface area contributed by atoms with Crippen molar-refractivity contribution in [3.8, 4) is 6.19 Å². The van der Waals surface area contributed by atoms with Gasteiger partial charge in [-0.3, -0.25) is 0 Å². The maximum atomic E-state index is 9.16. The molecule has 0 aromatic heterocycles. The highest BCUT2D eigenvalue weighted by atomic mass is 14.9. The number of nitrogens with one attached hydrogen (secondary N) is 1. The van der Waals surface area contributed by atoms with Crippen LogP contribution in [0.15, 0.2) is 0 Å². The SMILES string of the molecule is CCCC(CC(NC#N)C1CCCCC1)C1CCCCC1. The van der Waals surface area contributed by atoms with Gasteiger partial charge in [0, 0.05) is 6.04 Å². The molecule has 2 heteroatoms. The van der Waals surface area contributed by atoms with Gasteiger partial charge in [0.25, 0.3) is 0 Å². The molecule has 0 amide bonds. The van der Waals surface area contributed by atoms with Crippen molar-refractivity contribution in [1.82, 2.24) is 5.32 Å². The third-order valence-electron chi connectivity index (χ3n) is 6.00. The van der Waals surface area contributed by atoms with Crippen molar-refractivity contribution < 1.29 is 0 Å². The second kappa shape index (κ2) is 9.34. The van der Waals surface area contributed by atoms with Crippen molar-refractivity contribution in [3.05, 3.63) is 0 Å². The van der Waals surface area contributed by atoms with E-state index < -0.39 is 0 Å². The zero-order valence-electron chi connectivity index (χ0n) is 13.9. The molecule has 2 aliphatic rings. The minimum absolute atomic E-state index is 0.453. The van der Waals surface area contributed by atoms with E-state index in [4.69, 9.17) is 5.26 Å². The smallest absolute Gasteiger partial charge is 0.176 e. The highest BCUT2D eigenvalue weighted by Crippen LogP contribution is 2.37. The molecule has 2 fully saturated rings. The van der Waals surface area contributed by atoms with Crippen molar-refractivity contribution in [2.75, 3.05) is 0 Å². The van der Waals surface area contributed by atoms with Gasteiger partial charge in [0.05, 0.1) is 0 Å². The van der Waals surface area contributed by atoms with E-state index in [1.54, 1.807) is 0 Å². The predicted molar refractivity (Wildman–Crippen MR) is 88.7 cm³/mol. The molecular weight excluding hydrogens is 256 g/mol. The summed E-state index contributed by atoms with van der Waals surface area (Å²) in [5.41, 5.74) is 0. The van der Waals surface area contributed by atoms with E-state index >= 15 is 0 Å². The summed E-state index contributed by atoms with van der Waals surface area (Å²) in [6, 6.07) is 0.453. The Hall–Kier alpha value is -0.710. The van der Waals surface area contributed by atoms with E-state index in [-0.39, 0.29) is 0 Å². The van der Waals surface area contributed by atoms with Gasteiger partial charge < -0.3 is 5.32 Å². The van der Waals surface area contributed by atoms with Crippen LogP contribution in [0.3, 0.4) is 0 Å². The molecule has 2 aliphatic carbocycles. The topological polar surface area (TPSA) is 35.8 Å². The molecule has 0 aromatic carbocycles. The van der Waals surface area contributed by atoms with Gasteiger partial charge in [0.2, 0.25) is 0 Å². The minimum atomic E-state index is 0.453. The summed E-state index contributed by atoms with van der Waals surface area (Å²) in [5, 5.41) is 12.3. The van der Waals surface area contributed by atoms with Crippen LogP contribution in [0.25, 0.3) is 0 Å². The average molecular weight is 290 g/mol. The minimum Gasteiger partial charge on any atom is -0.320 e. The Morgan fingerprint density at radius 1 is 0.952 bits per heavy atom. The molecule has 0 aromatic rings. The van der Waals surface area contributed by atoms with Crippen molar-refractivity contribution in [2.45, 2.75) is 96.4 Å². The Morgan fingerprint density at radius 3 is 2.05 bits per heavy atom. The van der Waals surface area contributed by atoms with Gasteiger partial charge in [-0.1, -0.05) is 71.1 Å². The van der Waals surface area contributed by atoms with E-state index in [1.165, 1.54) is 83.5 Å². The lowest BCUT2D eigenvalue weighted by molar-refractivity contribution is 0.176. The monoisotopic (exact) mass is 290 g/mol. The van der Waals surface area contributed by atoms with Gasteiger partial charge in [-0.15, -0.1) is 0 Å². The van der Waals surface area contributed by atoms with Crippen LogP contribution in [0.5, 0.6) is 0 Å². The summed E-state index contributed by atoms with van der Waals surface area (Å²) in [6.45, 7) is 2.32. The summed E-state index contributed by atoms with van der Waals surface area (Å²) in [4.78, 5) is 0. The van der Waals surface area contributed by atoms with Crippen molar-refractivity contribution in [2.24, 2.45) is 17.8 Å². The molecule has 2 atom stereocenters. The number of hydrogen-bond acceptors (Lipinski definition) is 2. The highest BCUT2D eigenvalue weighted by molar-refractivity contribution is 4.88. The van der Waals surface area contributed by atoms with E-state index in [2.05, 4.69) is 18.4 Å². The first-order valence-corrected chi connectivity index (χ1v) is 9.49. The average Bonchev–Trinajstić information content (AvgIpc) is 2.55. The lowest BCUT2D eigenvalue weighted by atomic mass is 9.72. The van der Waals surface area contributed by atoms with Crippen LogP contribution in [-0.4, -0.2) is 6.04 Å². The number of nitrogens with zero attached hydrogens (tertiary/aromatic N) is 1. The zero-order chi connectivity index (χ0) is 14.9. The van der Waals surface area contributed by atoms with Crippen LogP contribution < -0.4 is 5.32 Å². The Balaban J connectivity index is 1.94. The van der Waals surface area contributed by atoms with Crippen LogP contribution in [0, 0.1) is 29.2 Å². The summed E-state index contributed by atoms with van der Waals surface area (Å²) in [6.07, 6.45) is 20.2. The predicted octanol–water partition coefficient (Wildman–Crippen LogP) is 5.39. The van der Waals surface area contributed by atoms with E-state index in [9.17, 15) is 0 Å². The number of nitriles is 1. The molecule has 0 heterocycles. The molecular formula is C19H34N2.